The zero-order valence-electron chi connectivity index (χ0n) is 20.4. The van der Waals surface area contributed by atoms with Crippen LogP contribution in [0.3, 0.4) is 0 Å². The second-order valence-corrected chi connectivity index (χ2v) is 13.1. The molecule has 0 aliphatic heterocycles. The van der Waals surface area contributed by atoms with Crippen molar-refractivity contribution in [2.24, 2.45) is 11.8 Å². The van der Waals surface area contributed by atoms with E-state index in [9.17, 15) is 0 Å². The van der Waals surface area contributed by atoms with Gasteiger partial charge in [-0.15, -0.1) is 0 Å². The van der Waals surface area contributed by atoms with Gasteiger partial charge in [0.05, 0.1) is 12.7 Å². The van der Waals surface area contributed by atoms with Crippen LogP contribution >= 0.6 is 0 Å². The number of hydrogen-bond donors (Lipinski definition) is 0. The summed E-state index contributed by atoms with van der Waals surface area (Å²) in [7, 11) is 0.635. The van der Waals surface area contributed by atoms with E-state index in [4.69, 9.17) is 9.16 Å². The molecule has 3 heteroatoms. The maximum atomic E-state index is 6.64. The van der Waals surface area contributed by atoms with Crippen molar-refractivity contribution in [2.45, 2.75) is 103 Å². The van der Waals surface area contributed by atoms with E-state index in [0.717, 1.165) is 11.5 Å². The third-order valence-corrected chi connectivity index (χ3v) is 7.68. The minimum absolute atomic E-state index is 0.0450. The molecule has 0 bridgehead atoms. The van der Waals surface area contributed by atoms with E-state index < -0.39 is 9.04 Å². The molecule has 0 saturated heterocycles. The van der Waals surface area contributed by atoms with Gasteiger partial charge in [-0.05, 0) is 73.2 Å². The zero-order chi connectivity index (χ0) is 21.7. The van der Waals surface area contributed by atoms with Gasteiger partial charge in [0.2, 0.25) is 9.04 Å². The molecule has 0 spiro atoms. The van der Waals surface area contributed by atoms with Gasteiger partial charge in [-0.25, -0.2) is 0 Å². The molecule has 0 atom stereocenters. The summed E-state index contributed by atoms with van der Waals surface area (Å²) in [5.41, 5.74) is 4.18. The molecule has 1 aromatic carbocycles. The molecule has 0 N–H and O–H groups in total. The molecule has 3 rings (SSSR count). The first-order chi connectivity index (χ1) is 14.3. The summed E-state index contributed by atoms with van der Waals surface area (Å²) in [6.45, 7) is 11.4. The van der Waals surface area contributed by atoms with Crippen LogP contribution in [0, 0.1) is 11.8 Å². The Morgan fingerprint density at radius 2 is 1.40 bits per heavy atom. The Bertz CT molecular complexity index is 697. The van der Waals surface area contributed by atoms with E-state index in [2.05, 4.69) is 52.1 Å². The van der Waals surface area contributed by atoms with Crippen LogP contribution in [0.5, 0.6) is 5.75 Å². The number of para-hydroxylation sites is 1. The fourth-order valence-electron chi connectivity index (χ4n) is 5.58. The Labute approximate surface area is 187 Å². The smallest absolute Gasteiger partial charge is 0.229 e. The fourth-order valence-corrected chi connectivity index (χ4v) is 6.31. The van der Waals surface area contributed by atoms with Crippen molar-refractivity contribution in [3.05, 3.63) is 34.9 Å². The highest BCUT2D eigenvalue weighted by Crippen LogP contribution is 2.46. The number of ether oxygens (including phenoxy) is 1. The van der Waals surface area contributed by atoms with Gasteiger partial charge >= 0.3 is 0 Å². The lowest BCUT2D eigenvalue weighted by atomic mass is 9.72. The summed E-state index contributed by atoms with van der Waals surface area (Å²) in [5, 5.41) is 0. The third kappa shape index (κ3) is 5.52. The van der Waals surface area contributed by atoms with Crippen LogP contribution in [0.4, 0.5) is 0 Å². The van der Waals surface area contributed by atoms with Crippen LogP contribution in [0.25, 0.3) is 5.76 Å². The minimum Gasteiger partial charge on any atom is -0.546 e. The average Bonchev–Trinajstić information content (AvgIpc) is 2.72. The van der Waals surface area contributed by atoms with Crippen LogP contribution < -0.4 is 4.43 Å². The molecule has 2 fully saturated rings. The first-order valence-electron chi connectivity index (χ1n) is 12.4. The average molecular weight is 429 g/mol. The van der Waals surface area contributed by atoms with Crippen LogP contribution in [-0.2, 0) is 10.2 Å². The largest absolute Gasteiger partial charge is 0.546 e. The van der Waals surface area contributed by atoms with Crippen molar-refractivity contribution in [3.8, 4) is 5.75 Å². The second kappa shape index (κ2) is 10.4. The molecule has 0 radical (unpaired) electrons. The van der Waals surface area contributed by atoms with Crippen LogP contribution in [0.1, 0.15) is 96.1 Å². The van der Waals surface area contributed by atoms with E-state index in [1.807, 2.05) is 7.11 Å². The summed E-state index contributed by atoms with van der Waals surface area (Å²) in [5.74, 6) is 3.59. The number of methoxy groups -OCH3 is 1. The first kappa shape index (κ1) is 23.4. The Kier molecular flexibility index (Phi) is 8.12. The molecule has 0 aromatic heterocycles. The lowest BCUT2D eigenvalue weighted by molar-refractivity contribution is 0.300. The summed E-state index contributed by atoms with van der Waals surface area (Å²) in [6.07, 6.45) is 13.5. The van der Waals surface area contributed by atoms with Crippen molar-refractivity contribution in [1.29, 1.82) is 0 Å². The molecule has 2 nitrogen and oxygen atoms in total. The zero-order valence-corrected chi connectivity index (χ0v) is 21.5. The summed E-state index contributed by atoms with van der Waals surface area (Å²) in [6, 6.07) is 6.72. The topological polar surface area (TPSA) is 18.5 Å². The summed E-state index contributed by atoms with van der Waals surface area (Å²) < 4.78 is 12.9. The molecule has 2 saturated carbocycles. The van der Waals surface area contributed by atoms with Crippen LogP contribution in [0.15, 0.2) is 23.8 Å². The number of hydrogen-bond acceptors (Lipinski definition) is 2. The van der Waals surface area contributed by atoms with Crippen LogP contribution in [-0.4, -0.2) is 16.2 Å². The predicted octanol–water partition coefficient (Wildman–Crippen LogP) is 7.86. The lowest BCUT2D eigenvalue weighted by Gasteiger charge is -2.35. The fraction of sp³-hybridized carbons (Fsp3) is 0.704. The molecule has 168 valence electrons. The van der Waals surface area contributed by atoms with Gasteiger partial charge in [0, 0.05) is 0 Å². The predicted molar refractivity (Wildman–Crippen MR) is 132 cm³/mol. The molecule has 0 heterocycles. The lowest BCUT2D eigenvalue weighted by Crippen LogP contribution is -2.22. The molecular formula is C27H44O2Si. The van der Waals surface area contributed by atoms with Gasteiger partial charge < -0.3 is 9.16 Å². The van der Waals surface area contributed by atoms with Gasteiger partial charge in [-0.1, -0.05) is 71.4 Å². The Morgan fingerprint density at radius 1 is 0.867 bits per heavy atom. The van der Waals surface area contributed by atoms with Gasteiger partial charge in [0.25, 0.3) is 0 Å². The van der Waals surface area contributed by atoms with Gasteiger partial charge in [0.1, 0.15) is 11.5 Å². The minimum atomic E-state index is -1.25. The van der Waals surface area contributed by atoms with E-state index in [-0.39, 0.29) is 5.41 Å². The SMILES string of the molecule is COC(=C(C1CCCCC1)C1CCCCC1)c1cccc(C(C)(C)C)c1O[SiH](C)C. The highest BCUT2D eigenvalue weighted by atomic mass is 28.3. The summed E-state index contributed by atoms with van der Waals surface area (Å²) in [4.78, 5) is 0. The molecule has 2 aliphatic rings. The van der Waals surface area contributed by atoms with E-state index in [1.165, 1.54) is 75.3 Å². The third-order valence-electron chi connectivity index (χ3n) is 6.98. The Morgan fingerprint density at radius 3 is 1.83 bits per heavy atom. The first-order valence-corrected chi connectivity index (χ1v) is 15.2. The van der Waals surface area contributed by atoms with E-state index in [0.29, 0.717) is 11.8 Å². The number of allylic oxidation sites excluding steroid dienone is 1. The standard InChI is InChI=1S/C27H44O2Si/c1-27(2,3)23-19-13-18-22(25(23)29-30(5)6)26(28-4)24(20-14-9-7-10-15-20)21-16-11-8-12-17-21/h13,18-21,30H,7-12,14-17H2,1-6H3. The van der Waals surface area contributed by atoms with Gasteiger partial charge in [-0.3, -0.25) is 0 Å². The number of rotatable bonds is 6. The normalized spacial score (nSPS) is 19.0. The van der Waals surface area contributed by atoms with Crippen molar-refractivity contribution in [3.63, 3.8) is 0 Å². The van der Waals surface area contributed by atoms with Crippen LogP contribution in [0.2, 0.25) is 13.1 Å². The van der Waals surface area contributed by atoms with Crippen molar-refractivity contribution in [2.75, 3.05) is 7.11 Å². The molecular weight excluding hydrogens is 384 g/mol. The number of benzene rings is 1. The highest BCUT2D eigenvalue weighted by molar-refractivity contribution is 6.49. The van der Waals surface area contributed by atoms with Crippen molar-refractivity contribution < 1.29 is 9.16 Å². The van der Waals surface area contributed by atoms with Crippen molar-refractivity contribution in [1.82, 2.24) is 0 Å². The summed E-state index contributed by atoms with van der Waals surface area (Å²) >= 11 is 0. The molecule has 0 unspecified atom stereocenters. The Balaban J connectivity index is 2.19. The maximum absolute atomic E-state index is 6.64. The highest BCUT2D eigenvalue weighted by Gasteiger charge is 2.32. The van der Waals surface area contributed by atoms with Crippen molar-refractivity contribution >= 4 is 14.8 Å². The quantitative estimate of drug-likeness (QED) is 0.339. The van der Waals surface area contributed by atoms with Gasteiger partial charge in [-0.2, -0.15) is 0 Å². The molecule has 0 amide bonds. The van der Waals surface area contributed by atoms with E-state index >= 15 is 0 Å². The Hall–Kier alpha value is -1.22. The molecule has 1 aromatic rings. The maximum Gasteiger partial charge on any atom is 0.229 e. The monoisotopic (exact) mass is 428 g/mol. The van der Waals surface area contributed by atoms with E-state index in [1.54, 1.807) is 5.57 Å². The molecule has 2 aliphatic carbocycles. The second-order valence-electron chi connectivity index (χ2n) is 10.8. The molecule has 30 heavy (non-hydrogen) atoms. The van der Waals surface area contributed by atoms with Gasteiger partial charge in [0.15, 0.2) is 0 Å².